The number of nitrogens with zero attached hydrogens (tertiary/aromatic N) is 1. The van der Waals surface area contributed by atoms with E-state index in [1.54, 1.807) is 23.5 Å². The van der Waals surface area contributed by atoms with Crippen molar-refractivity contribution in [1.82, 2.24) is 4.98 Å². The Kier molecular flexibility index (Phi) is 4.90. The second kappa shape index (κ2) is 6.14. The van der Waals surface area contributed by atoms with Gasteiger partial charge in [-0.2, -0.15) is 0 Å². The molecule has 1 aromatic carbocycles. The number of hydrogen-bond donors (Lipinski definition) is 1. The molecule has 0 aliphatic rings. The van der Waals surface area contributed by atoms with Gasteiger partial charge in [-0.3, -0.25) is 0 Å². The highest BCUT2D eigenvalue weighted by atomic mass is 79.9. The largest absolute Gasteiger partial charge is 0.388 e. The van der Waals surface area contributed by atoms with E-state index in [1.807, 2.05) is 6.07 Å². The molecule has 0 aliphatic heterocycles. The molecule has 108 valence electrons. The van der Waals surface area contributed by atoms with Gasteiger partial charge in [-0.15, -0.1) is 11.3 Å². The molecule has 2 rings (SSSR count). The van der Waals surface area contributed by atoms with Crippen molar-refractivity contribution in [2.24, 2.45) is 0 Å². The first-order chi connectivity index (χ1) is 9.27. The van der Waals surface area contributed by atoms with Crippen molar-refractivity contribution in [1.29, 1.82) is 0 Å². The lowest BCUT2D eigenvalue weighted by molar-refractivity contribution is 0.177. The Labute approximate surface area is 137 Å². The van der Waals surface area contributed by atoms with E-state index in [0.29, 0.717) is 11.4 Å². The van der Waals surface area contributed by atoms with Crippen molar-refractivity contribution < 1.29 is 5.11 Å². The zero-order valence-electron chi connectivity index (χ0n) is 11.7. The van der Waals surface area contributed by atoms with Crippen LogP contribution < -0.4 is 0 Å². The molecule has 1 atom stereocenters. The van der Waals surface area contributed by atoms with Crippen LogP contribution in [0.3, 0.4) is 0 Å². The number of hydrogen-bond acceptors (Lipinski definition) is 3. The van der Waals surface area contributed by atoms with E-state index in [9.17, 15) is 5.11 Å². The van der Waals surface area contributed by atoms with E-state index in [-0.39, 0.29) is 5.41 Å². The molecule has 1 aromatic heterocycles. The summed E-state index contributed by atoms with van der Waals surface area (Å²) < 4.78 is 0.824. The van der Waals surface area contributed by atoms with Gasteiger partial charge in [0.15, 0.2) is 0 Å². The molecular weight excluding hydrogens is 358 g/mol. The van der Waals surface area contributed by atoms with Crippen LogP contribution in [0.2, 0.25) is 5.02 Å². The third-order valence-electron chi connectivity index (χ3n) is 3.01. The maximum absolute atomic E-state index is 10.4. The zero-order valence-corrected chi connectivity index (χ0v) is 14.8. The summed E-state index contributed by atoms with van der Waals surface area (Å²) in [7, 11) is 0. The Balaban J connectivity index is 2.15. The fourth-order valence-corrected chi connectivity index (χ4v) is 3.80. The first kappa shape index (κ1) is 16.0. The van der Waals surface area contributed by atoms with E-state index in [1.165, 1.54) is 0 Å². The summed E-state index contributed by atoms with van der Waals surface area (Å²) in [5.41, 5.74) is 1.95. The van der Waals surface area contributed by atoms with Gasteiger partial charge in [-0.1, -0.05) is 54.4 Å². The average Bonchev–Trinajstić information content (AvgIpc) is 2.76. The molecule has 1 unspecified atom stereocenters. The zero-order chi connectivity index (χ0) is 14.9. The van der Waals surface area contributed by atoms with Crippen LogP contribution in [0.25, 0.3) is 0 Å². The molecule has 0 amide bonds. The monoisotopic (exact) mass is 373 g/mol. The highest BCUT2D eigenvalue weighted by Gasteiger charge is 2.19. The van der Waals surface area contributed by atoms with Crippen molar-refractivity contribution in [2.45, 2.75) is 38.7 Å². The van der Waals surface area contributed by atoms with Crippen molar-refractivity contribution in [3.8, 4) is 0 Å². The van der Waals surface area contributed by atoms with E-state index in [2.05, 4.69) is 47.1 Å². The summed E-state index contributed by atoms with van der Waals surface area (Å²) in [4.78, 5) is 4.61. The minimum absolute atomic E-state index is 0.0422. The second-order valence-corrected chi connectivity index (χ2v) is 8.00. The van der Waals surface area contributed by atoms with Gasteiger partial charge in [0, 0.05) is 26.7 Å². The van der Waals surface area contributed by atoms with Crippen LogP contribution in [-0.2, 0) is 11.8 Å². The Hall–Kier alpha value is -0.420. The maximum atomic E-state index is 10.4. The Morgan fingerprint density at radius 1 is 1.40 bits per heavy atom. The maximum Gasteiger partial charge on any atom is 0.0957 e. The predicted octanol–water partition coefficient (Wildman–Crippen LogP) is 5.13. The second-order valence-electron chi connectivity index (χ2n) is 5.76. The topological polar surface area (TPSA) is 33.1 Å². The standard InChI is InChI=1S/C15H17BrClNOS/c1-15(2,3)13-8-20-14(18-13)7-12(19)10-5-4-9(17)6-11(10)16/h4-6,8,12,19H,7H2,1-3H3. The molecule has 1 heterocycles. The van der Waals surface area contributed by atoms with Gasteiger partial charge in [-0.25, -0.2) is 4.98 Å². The number of aliphatic hydroxyl groups is 1. The van der Waals surface area contributed by atoms with E-state index < -0.39 is 6.10 Å². The summed E-state index contributed by atoms with van der Waals surface area (Å²) in [6.07, 6.45) is -0.0679. The van der Waals surface area contributed by atoms with Crippen molar-refractivity contribution in [3.63, 3.8) is 0 Å². The first-order valence-corrected chi connectivity index (χ1v) is 8.40. The normalized spacial score (nSPS) is 13.5. The smallest absolute Gasteiger partial charge is 0.0957 e. The molecule has 0 saturated heterocycles. The summed E-state index contributed by atoms with van der Waals surface area (Å²) in [6.45, 7) is 6.41. The highest BCUT2D eigenvalue weighted by Crippen LogP contribution is 2.30. The summed E-state index contributed by atoms with van der Waals surface area (Å²) >= 11 is 10.9. The van der Waals surface area contributed by atoms with Crippen LogP contribution in [0.15, 0.2) is 28.1 Å². The molecule has 2 nitrogen and oxygen atoms in total. The lowest BCUT2D eigenvalue weighted by Crippen LogP contribution is -2.12. The van der Waals surface area contributed by atoms with Gasteiger partial charge in [-0.05, 0) is 17.7 Å². The molecule has 0 fully saturated rings. The third kappa shape index (κ3) is 3.82. The minimum Gasteiger partial charge on any atom is -0.388 e. The lowest BCUT2D eigenvalue weighted by atomic mass is 9.93. The van der Waals surface area contributed by atoms with Gasteiger partial charge in [0.05, 0.1) is 16.8 Å². The SMILES string of the molecule is CC(C)(C)c1csc(CC(O)c2ccc(Cl)cc2Br)n1. The van der Waals surface area contributed by atoms with Gasteiger partial charge in [0.1, 0.15) is 0 Å². The third-order valence-corrected chi connectivity index (χ3v) is 4.80. The molecule has 0 bridgehead atoms. The van der Waals surface area contributed by atoms with Crippen molar-refractivity contribution >= 4 is 38.9 Å². The van der Waals surface area contributed by atoms with Crippen LogP contribution in [-0.4, -0.2) is 10.1 Å². The molecule has 0 spiro atoms. The van der Waals surface area contributed by atoms with Gasteiger partial charge >= 0.3 is 0 Å². The van der Waals surface area contributed by atoms with Crippen LogP contribution in [0, 0.1) is 0 Å². The molecule has 20 heavy (non-hydrogen) atoms. The lowest BCUT2D eigenvalue weighted by Gasteiger charge is -2.15. The molecule has 0 radical (unpaired) electrons. The van der Waals surface area contributed by atoms with Crippen molar-refractivity contribution in [2.75, 3.05) is 0 Å². The van der Waals surface area contributed by atoms with Gasteiger partial charge in [0.25, 0.3) is 0 Å². The summed E-state index contributed by atoms with van der Waals surface area (Å²) in [5, 5.41) is 14.0. The number of aliphatic hydroxyl groups excluding tert-OH is 1. The molecule has 0 saturated carbocycles. The summed E-state index contributed by atoms with van der Waals surface area (Å²) in [5.74, 6) is 0. The molecule has 5 heteroatoms. The molecule has 0 aliphatic carbocycles. The highest BCUT2D eigenvalue weighted by molar-refractivity contribution is 9.10. The van der Waals surface area contributed by atoms with E-state index >= 15 is 0 Å². The predicted molar refractivity (Wildman–Crippen MR) is 88.6 cm³/mol. The minimum atomic E-state index is -0.583. The van der Waals surface area contributed by atoms with Crippen LogP contribution in [0.1, 0.15) is 43.1 Å². The average molecular weight is 375 g/mol. The molecule has 2 aromatic rings. The van der Waals surface area contributed by atoms with Gasteiger partial charge in [0.2, 0.25) is 0 Å². The number of rotatable bonds is 3. The Bertz CT molecular complexity index is 606. The Morgan fingerprint density at radius 2 is 2.10 bits per heavy atom. The number of aromatic nitrogens is 1. The quantitative estimate of drug-likeness (QED) is 0.807. The van der Waals surface area contributed by atoms with E-state index in [4.69, 9.17) is 11.6 Å². The van der Waals surface area contributed by atoms with Crippen molar-refractivity contribution in [3.05, 3.63) is 49.3 Å². The number of benzene rings is 1. The van der Waals surface area contributed by atoms with Gasteiger partial charge < -0.3 is 5.11 Å². The Morgan fingerprint density at radius 3 is 2.65 bits per heavy atom. The number of thiazole rings is 1. The van der Waals surface area contributed by atoms with Crippen LogP contribution >= 0.6 is 38.9 Å². The fraction of sp³-hybridized carbons (Fsp3) is 0.400. The van der Waals surface area contributed by atoms with Crippen LogP contribution in [0.5, 0.6) is 0 Å². The molecular formula is C15H17BrClNOS. The molecule has 1 N–H and O–H groups in total. The van der Waals surface area contributed by atoms with E-state index in [0.717, 1.165) is 20.7 Å². The number of halogens is 2. The fourth-order valence-electron chi connectivity index (χ4n) is 1.80. The first-order valence-electron chi connectivity index (χ1n) is 6.35. The van der Waals surface area contributed by atoms with Crippen LogP contribution in [0.4, 0.5) is 0 Å². The summed E-state index contributed by atoms with van der Waals surface area (Å²) in [6, 6.07) is 5.42.